The number of carbonyl (C=O) groups is 1. The van der Waals surface area contributed by atoms with Crippen LogP contribution in [0.5, 0.6) is 0 Å². The molecule has 2 rings (SSSR count). The van der Waals surface area contributed by atoms with Gasteiger partial charge >= 0.3 is 0 Å². The van der Waals surface area contributed by atoms with Crippen LogP contribution in [-0.2, 0) is 0 Å². The molecule has 92 valence electrons. The minimum Gasteiger partial charge on any atom is -0.351 e. The van der Waals surface area contributed by atoms with Gasteiger partial charge in [-0.05, 0) is 53.9 Å². The monoisotopic (exact) mass is 297 g/mol. The van der Waals surface area contributed by atoms with Crippen LogP contribution >= 0.6 is 15.9 Å². The molecular weight excluding hydrogens is 282 g/mol. The lowest BCUT2D eigenvalue weighted by Gasteiger charge is -2.10. The van der Waals surface area contributed by atoms with Gasteiger partial charge in [0.05, 0.1) is 0 Å². The topological polar surface area (TPSA) is 54.0 Å². The Kier molecular flexibility index (Phi) is 4.50. The molecule has 0 spiro atoms. The van der Waals surface area contributed by atoms with Crippen LogP contribution in [0.15, 0.2) is 22.8 Å². The predicted octanol–water partition coefficient (Wildman–Crippen LogP) is 1.72. The Morgan fingerprint density at radius 2 is 2.47 bits per heavy atom. The highest BCUT2D eigenvalue weighted by Crippen LogP contribution is 2.09. The molecule has 1 saturated heterocycles. The van der Waals surface area contributed by atoms with Crippen LogP contribution in [0.3, 0.4) is 0 Å². The van der Waals surface area contributed by atoms with Crippen LogP contribution in [0.25, 0.3) is 0 Å². The molecule has 2 N–H and O–H groups in total. The highest BCUT2D eigenvalue weighted by atomic mass is 79.9. The van der Waals surface area contributed by atoms with Gasteiger partial charge in [0.1, 0.15) is 5.69 Å². The van der Waals surface area contributed by atoms with Crippen molar-refractivity contribution >= 4 is 21.8 Å². The Hall–Kier alpha value is -0.940. The molecule has 0 aliphatic carbocycles. The number of hydrogen-bond acceptors (Lipinski definition) is 3. The molecule has 0 aromatic carbocycles. The van der Waals surface area contributed by atoms with Gasteiger partial charge in [0.15, 0.2) is 0 Å². The van der Waals surface area contributed by atoms with Crippen LogP contribution in [0.1, 0.15) is 29.8 Å². The number of pyridine rings is 1. The van der Waals surface area contributed by atoms with E-state index in [1.54, 1.807) is 12.3 Å². The molecule has 1 aliphatic heterocycles. The lowest BCUT2D eigenvalue weighted by molar-refractivity contribution is 0.0947. The number of carbonyl (C=O) groups excluding carboxylic acids is 1. The van der Waals surface area contributed by atoms with E-state index in [2.05, 4.69) is 31.5 Å². The molecule has 1 amide bonds. The average Bonchev–Trinajstić information content (AvgIpc) is 2.83. The Bertz CT molecular complexity index is 374. The smallest absolute Gasteiger partial charge is 0.269 e. The van der Waals surface area contributed by atoms with Crippen molar-refractivity contribution in [2.45, 2.75) is 25.3 Å². The molecule has 1 aliphatic rings. The van der Waals surface area contributed by atoms with Crippen LogP contribution in [-0.4, -0.2) is 30.0 Å². The third kappa shape index (κ3) is 3.78. The summed E-state index contributed by atoms with van der Waals surface area (Å²) in [5.74, 6) is -0.101. The van der Waals surface area contributed by atoms with Crippen molar-refractivity contribution in [1.29, 1.82) is 0 Å². The van der Waals surface area contributed by atoms with Crippen LogP contribution < -0.4 is 10.6 Å². The van der Waals surface area contributed by atoms with Gasteiger partial charge in [-0.15, -0.1) is 0 Å². The number of nitrogens with zero attached hydrogens (tertiary/aromatic N) is 1. The quantitative estimate of drug-likeness (QED) is 0.890. The first-order valence-electron chi connectivity index (χ1n) is 5.89. The van der Waals surface area contributed by atoms with E-state index >= 15 is 0 Å². The van der Waals surface area contributed by atoms with Gasteiger partial charge < -0.3 is 10.6 Å². The summed E-state index contributed by atoms with van der Waals surface area (Å²) < 4.78 is 0.879. The lowest BCUT2D eigenvalue weighted by atomic mass is 10.1. The number of amides is 1. The first kappa shape index (κ1) is 12.5. The fourth-order valence-electron chi connectivity index (χ4n) is 1.96. The Balaban J connectivity index is 1.75. The summed E-state index contributed by atoms with van der Waals surface area (Å²) >= 11 is 3.29. The highest BCUT2D eigenvalue weighted by Gasteiger charge is 2.14. The Morgan fingerprint density at radius 1 is 1.59 bits per heavy atom. The number of hydrogen-bond donors (Lipinski definition) is 2. The zero-order valence-corrected chi connectivity index (χ0v) is 11.2. The van der Waals surface area contributed by atoms with Crippen molar-refractivity contribution in [1.82, 2.24) is 15.6 Å². The van der Waals surface area contributed by atoms with E-state index in [0.717, 1.165) is 17.4 Å². The average molecular weight is 298 g/mol. The minimum atomic E-state index is -0.101. The van der Waals surface area contributed by atoms with Crippen molar-refractivity contribution in [2.75, 3.05) is 13.1 Å². The fourth-order valence-corrected chi connectivity index (χ4v) is 2.20. The standard InChI is InChI=1S/C12H16BrN3O/c13-9-3-4-11(16-8-9)12(17)15-7-5-10-2-1-6-14-10/h3-4,8,10,14H,1-2,5-7H2,(H,15,17)/t10-/m1/s1. The first-order valence-corrected chi connectivity index (χ1v) is 6.68. The maximum absolute atomic E-state index is 11.7. The molecule has 0 saturated carbocycles. The molecular formula is C12H16BrN3O. The maximum atomic E-state index is 11.7. The summed E-state index contributed by atoms with van der Waals surface area (Å²) in [6.45, 7) is 1.81. The molecule has 0 radical (unpaired) electrons. The van der Waals surface area contributed by atoms with Crippen molar-refractivity contribution in [3.05, 3.63) is 28.5 Å². The molecule has 5 heteroatoms. The van der Waals surface area contributed by atoms with E-state index in [-0.39, 0.29) is 5.91 Å². The molecule has 2 heterocycles. The van der Waals surface area contributed by atoms with Gasteiger partial charge in [0.25, 0.3) is 5.91 Å². The summed E-state index contributed by atoms with van der Waals surface area (Å²) in [6.07, 6.45) is 5.08. The molecule has 0 bridgehead atoms. The number of rotatable bonds is 4. The normalized spacial score (nSPS) is 19.2. The van der Waals surface area contributed by atoms with Crippen LogP contribution in [0.4, 0.5) is 0 Å². The zero-order valence-electron chi connectivity index (χ0n) is 9.58. The number of aromatic nitrogens is 1. The van der Waals surface area contributed by atoms with Crippen molar-refractivity contribution in [3.63, 3.8) is 0 Å². The molecule has 17 heavy (non-hydrogen) atoms. The van der Waals surface area contributed by atoms with Gasteiger partial charge in [0.2, 0.25) is 0 Å². The lowest BCUT2D eigenvalue weighted by Crippen LogP contribution is -2.30. The maximum Gasteiger partial charge on any atom is 0.269 e. The summed E-state index contributed by atoms with van der Waals surface area (Å²) in [5, 5.41) is 6.29. The molecule has 1 aromatic heterocycles. The minimum absolute atomic E-state index is 0.101. The second kappa shape index (κ2) is 6.12. The SMILES string of the molecule is O=C(NCC[C@H]1CCCN1)c1ccc(Br)cn1. The second-order valence-electron chi connectivity index (χ2n) is 4.20. The van der Waals surface area contributed by atoms with Gasteiger partial charge in [-0.3, -0.25) is 4.79 Å². The van der Waals surface area contributed by atoms with E-state index in [1.807, 2.05) is 6.07 Å². The first-order chi connectivity index (χ1) is 8.25. The molecule has 1 aromatic rings. The predicted molar refractivity (Wildman–Crippen MR) is 69.9 cm³/mol. The Morgan fingerprint density at radius 3 is 3.12 bits per heavy atom. The molecule has 1 fully saturated rings. The molecule has 1 atom stereocenters. The summed E-state index contributed by atoms with van der Waals surface area (Å²) in [5.41, 5.74) is 0.465. The fraction of sp³-hybridized carbons (Fsp3) is 0.500. The van der Waals surface area contributed by atoms with Gasteiger partial charge in [0, 0.05) is 23.3 Å². The van der Waals surface area contributed by atoms with Crippen LogP contribution in [0, 0.1) is 0 Å². The zero-order chi connectivity index (χ0) is 12.1. The Labute approximate surface area is 109 Å². The van der Waals surface area contributed by atoms with E-state index in [4.69, 9.17) is 0 Å². The van der Waals surface area contributed by atoms with Gasteiger partial charge in [-0.2, -0.15) is 0 Å². The summed E-state index contributed by atoms with van der Waals surface area (Å²) in [4.78, 5) is 15.8. The number of halogens is 1. The summed E-state index contributed by atoms with van der Waals surface area (Å²) in [6, 6.07) is 4.10. The second-order valence-corrected chi connectivity index (χ2v) is 5.12. The summed E-state index contributed by atoms with van der Waals surface area (Å²) in [7, 11) is 0. The molecule has 4 nitrogen and oxygen atoms in total. The van der Waals surface area contributed by atoms with Crippen molar-refractivity contribution < 1.29 is 4.79 Å². The van der Waals surface area contributed by atoms with E-state index < -0.39 is 0 Å². The highest BCUT2D eigenvalue weighted by molar-refractivity contribution is 9.10. The van der Waals surface area contributed by atoms with Gasteiger partial charge in [-0.1, -0.05) is 0 Å². The van der Waals surface area contributed by atoms with Gasteiger partial charge in [-0.25, -0.2) is 4.98 Å². The largest absolute Gasteiger partial charge is 0.351 e. The van der Waals surface area contributed by atoms with E-state index in [9.17, 15) is 4.79 Å². The third-order valence-corrected chi connectivity index (χ3v) is 3.37. The third-order valence-electron chi connectivity index (χ3n) is 2.90. The van der Waals surface area contributed by atoms with E-state index in [0.29, 0.717) is 18.3 Å². The molecule has 0 unspecified atom stereocenters. The number of nitrogens with one attached hydrogen (secondary N) is 2. The van der Waals surface area contributed by atoms with Crippen molar-refractivity contribution in [2.24, 2.45) is 0 Å². The van der Waals surface area contributed by atoms with Crippen LogP contribution in [0.2, 0.25) is 0 Å². The van der Waals surface area contributed by atoms with Crippen molar-refractivity contribution in [3.8, 4) is 0 Å². The van der Waals surface area contributed by atoms with E-state index in [1.165, 1.54) is 12.8 Å².